The number of nitrogens with zero attached hydrogens (tertiary/aromatic N) is 2. The van der Waals surface area contributed by atoms with Gasteiger partial charge < -0.3 is 30.7 Å². The number of rotatable bonds is 6. The number of nitrogens with one attached hydrogen (secondary N) is 1. The number of amides is 1. The molecular formula is C13H20N4O6. The summed E-state index contributed by atoms with van der Waals surface area (Å²) < 4.78 is 12.1. The molecule has 1 aliphatic heterocycles. The summed E-state index contributed by atoms with van der Waals surface area (Å²) in [7, 11) is 1.50. The maximum atomic E-state index is 11.9. The van der Waals surface area contributed by atoms with Crippen LogP contribution < -0.4 is 16.7 Å². The second kappa shape index (κ2) is 7.51. The average molecular weight is 328 g/mol. The molecule has 1 fully saturated rings. The standard InChI is InChI=1S/C13H20N4O6/c1-15-9(19)3-5-22-11-10(20)7(6-18)23-12(11)17-4-2-8(14)16-13(17)21/h2,4,7,10-12,18,20H,3,5-6H2,1H3,(H,15,19)(H2,14,16,21)/t7-,10+,11?,12-/m1/s1. The van der Waals surface area contributed by atoms with E-state index in [0.717, 1.165) is 4.57 Å². The molecule has 0 radical (unpaired) electrons. The van der Waals surface area contributed by atoms with Gasteiger partial charge in [0.1, 0.15) is 24.1 Å². The van der Waals surface area contributed by atoms with Gasteiger partial charge in [-0.05, 0) is 6.07 Å². The Bertz CT molecular complexity index is 606. The van der Waals surface area contributed by atoms with E-state index in [1.54, 1.807) is 0 Å². The monoisotopic (exact) mass is 328 g/mol. The smallest absolute Gasteiger partial charge is 0.351 e. The van der Waals surface area contributed by atoms with Gasteiger partial charge in [-0.3, -0.25) is 9.36 Å². The lowest BCUT2D eigenvalue weighted by Gasteiger charge is -2.22. The highest BCUT2D eigenvalue weighted by Crippen LogP contribution is 2.30. The minimum Gasteiger partial charge on any atom is -0.394 e. The first kappa shape index (κ1) is 17.3. The Balaban J connectivity index is 2.17. The number of anilines is 1. The molecule has 0 aromatic carbocycles. The van der Waals surface area contributed by atoms with Crippen molar-refractivity contribution < 1.29 is 24.5 Å². The molecule has 10 heteroatoms. The van der Waals surface area contributed by atoms with Gasteiger partial charge in [0.25, 0.3) is 0 Å². The molecular weight excluding hydrogens is 308 g/mol. The Kier molecular flexibility index (Phi) is 5.66. The van der Waals surface area contributed by atoms with Crippen LogP contribution in [0, 0.1) is 0 Å². The molecule has 128 valence electrons. The number of nitrogens with two attached hydrogens (primary N) is 1. The predicted molar refractivity (Wildman–Crippen MR) is 78.3 cm³/mol. The summed E-state index contributed by atoms with van der Waals surface area (Å²) in [5.41, 5.74) is 4.77. The first-order valence-electron chi connectivity index (χ1n) is 7.09. The topological polar surface area (TPSA) is 149 Å². The van der Waals surface area contributed by atoms with Gasteiger partial charge in [-0.25, -0.2) is 4.79 Å². The van der Waals surface area contributed by atoms with E-state index in [9.17, 15) is 19.8 Å². The van der Waals surface area contributed by atoms with Crippen molar-refractivity contribution in [1.29, 1.82) is 0 Å². The van der Waals surface area contributed by atoms with Gasteiger partial charge in [-0.15, -0.1) is 0 Å². The molecule has 0 aliphatic carbocycles. The van der Waals surface area contributed by atoms with Gasteiger partial charge in [0.15, 0.2) is 6.23 Å². The zero-order valence-corrected chi connectivity index (χ0v) is 12.6. The Morgan fingerprint density at radius 2 is 2.35 bits per heavy atom. The quantitative estimate of drug-likeness (QED) is 0.451. The van der Waals surface area contributed by atoms with E-state index in [-0.39, 0.29) is 24.8 Å². The molecule has 5 N–H and O–H groups in total. The van der Waals surface area contributed by atoms with Crippen LogP contribution in [0.2, 0.25) is 0 Å². The molecule has 1 amide bonds. The third kappa shape index (κ3) is 3.85. The van der Waals surface area contributed by atoms with Gasteiger partial charge in [0.05, 0.1) is 13.2 Å². The molecule has 23 heavy (non-hydrogen) atoms. The highest BCUT2D eigenvalue weighted by molar-refractivity contribution is 5.75. The van der Waals surface area contributed by atoms with Crippen LogP contribution >= 0.6 is 0 Å². The van der Waals surface area contributed by atoms with Crippen molar-refractivity contribution in [1.82, 2.24) is 14.9 Å². The minimum atomic E-state index is -1.15. The van der Waals surface area contributed by atoms with E-state index < -0.39 is 36.8 Å². The van der Waals surface area contributed by atoms with Crippen LogP contribution in [0.5, 0.6) is 0 Å². The molecule has 0 bridgehead atoms. The largest absolute Gasteiger partial charge is 0.394 e. The molecule has 1 aromatic heterocycles. The first-order valence-corrected chi connectivity index (χ1v) is 7.09. The van der Waals surface area contributed by atoms with Gasteiger partial charge in [0, 0.05) is 19.7 Å². The highest BCUT2D eigenvalue weighted by atomic mass is 16.6. The summed E-state index contributed by atoms with van der Waals surface area (Å²) in [4.78, 5) is 26.7. The molecule has 0 saturated carbocycles. The summed E-state index contributed by atoms with van der Waals surface area (Å²) in [5, 5.41) is 21.9. The third-order valence-electron chi connectivity index (χ3n) is 3.54. The lowest BCUT2D eigenvalue weighted by molar-refractivity contribution is -0.124. The van der Waals surface area contributed by atoms with Crippen LogP contribution in [-0.4, -0.2) is 64.2 Å². The number of hydrogen-bond donors (Lipinski definition) is 4. The summed E-state index contributed by atoms with van der Waals surface area (Å²) in [6.07, 6.45) is -2.51. The number of carbonyl (C=O) groups is 1. The van der Waals surface area contributed by atoms with Gasteiger partial charge in [-0.1, -0.05) is 0 Å². The van der Waals surface area contributed by atoms with Gasteiger partial charge in [-0.2, -0.15) is 4.98 Å². The Morgan fingerprint density at radius 3 is 2.96 bits per heavy atom. The number of nitrogen functional groups attached to an aromatic ring is 1. The fraction of sp³-hybridized carbons (Fsp3) is 0.615. The van der Waals surface area contributed by atoms with Crippen molar-refractivity contribution in [2.24, 2.45) is 0 Å². The predicted octanol–water partition coefficient (Wildman–Crippen LogP) is -2.40. The molecule has 4 atom stereocenters. The van der Waals surface area contributed by atoms with Crippen LogP contribution in [0.25, 0.3) is 0 Å². The summed E-state index contributed by atoms with van der Waals surface area (Å²) in [6.45, 7) is -0.416. The number of carbonyl (C=O) groups excluding carboxylic acids is 1. The van der Waals surface area contributed by atoms with Crippen molar-refractivity contribution in [2.45, 2.75) is 31.0 Å². The summed E-state index contributed by atoms with van der Waals surface area (Å²) >= 11 is 0. The lowest BCUT2D eigenvalue weighted by atomic mass is 10.1. The van der Waals surface area contributed by atoms with Gasteiger partial charge in [0.2, 0.25) is 5.91 Å². The van der Waals surface area contributed by atoms with Crippen LogP contribution in [-0.2, 0) is 14.3 Å². The SMILES string of the molecule is CNC(=O)CCOC1[C@@H](O)[C@@H](CO)O[C@H]1n1ccc(N)nc1=O. The molecule has 1 aromatic rings. The Labute approximate surface area is 131 Å². The van der Waals surface area contributed by atoms with Crippen molar-refractivity contribution in [3.63, 3.8) is 0 Å². The van der Waals surface area contributed by atoms with E-state index in [1.807, 2.05) is 0 Å². The third-order valence-corrected chi connectivity index (χ3v) is 3.54. The highest BCUT2D eigenvalue weighted by Gasteiger charge is 2.45. The molecule has 0 spiro atoms. The second-order valence-electron chi connectivity index (χ2n) is 5.04. The number of hydrogen-bond acceptors (Lipinski definition) is 8. The number of aromatic nitrogens is 2. The van der Waals surface area contributed by atoms with E-state index in [4.69, 9.17) is 15.2 Å². The molecule has 1 unspecified atom stereocenters. The maximum absolute atomic E-state index is 11.9. The van der Waals surface area contributed by atoms with Crippen LogP contribution in [0.1, 0.15) is 12.6 Å². The number of aliphatic hydroxyl groups is 2. The van der Waals surface area contributed by atoms with Crippen molar-refractivity contribution in [2.75, 3.05) is 26.0 Å². The Hall–Kier alpha value is -2.01. The van der Waals surface area contributed by atoms with E-state index in [2.05, 4.69) is 10.3 Å². The molecule has 1 saturated heterocycles. The average Bonchev–Trinajstić information content (AvgIpc) is 2.83. The fourth-order valence-electron chi connectivity index (χ4n) is 2.31. The summed E-state index contributed by atoms with van der Waals surface area (Å²) in [6, 6.07) is 1.41. The van der Waals surface area contributed by atoms with Crippen molar-refractivity contribution >= 4 is 11.7 Å². The Morgan fingerprint density at radius 1 is 1.61 bits per heavy atom. The van der Waals surface area contributed by atoms with Crippen molar-refractivity contribution in [3.05, 3.63) is 22.7 Å². The first-order chi connectivity index (χ1) is 11.0. The fourth-order valence-corrected chi connectivity index (χ4v) is 2.31. The molecule has 10 nitrogen and oxygen atoms in total. The molecule has 2 heterocycles. The molecule has 2 rings (SSSR count). The number of aliphatic hydroxyl groups excluding tert-OH is 2. The lowest BCUT2D eigenvalue weighted by Crippen LogP contribution is -2.38. The zero-order valence-electron chi connectivity index (χ0n) is 12.6. The maximum Gasteiger partial charge on any atom is 0.351 e. The van der Waals surface area contributed by atoms with Crippen LogP contribution in [0.3, 0.4) is 0 Å². The van der Waals surface area contributed by atoms with E-state index >= 15 is 0 Å². The second-order valence-corrected chi connectivity index (χ2v) is 5.04. The minimum absolute atomic E-state index is 0.0244. The van der Waals surface area contributed by atoms with E-state index in [1.165, 1.54) is 19.3 Å². The number of ether oxygens (including phenoxy) is 2. The van der Waals surface area contributed by atoms with Gasteiger partial charge >= 0.3 is 5.69 Å². The van der Waals surface area contributed by atoms with Crippen LogP contribution in [0.4, 0.5) is 5.82 Å². The van der Waals surface area contributed by atoms with Crippen molar-refractivity contribution in [3.8, 4) is 0 Å². The van der Waals surface area contributed by atoms with E-state index in [0.29, 0.717) is 0 Å². The molecule has 1 aliphatic rings. The normalized spacial score (nSPS) is 27.1. The zero-order chi connectivity index (χ0) is 17.0. The summed E-state index contributed by atoms with van der Waals surface area (Å²) in [5.74, 6) is -0.166. The van der Waals surface area contributed by atoms with Crippen LogP contribution in [0.15, 0.2) is 17.1 Å².